The van der Waals surface area contributed by atoms with Gasteiger partial charge in [0.2, 0.25) is 5.91 Å². The minimum atomic E-state index is -5.56. The summed E-state index contributed by atoms with van der Waals surface area (Å²) in [5, 5.41) is 0. The van der Waals surface area contributed by atoms with Crippen LogP contribution in [0, 0.1) is 0 Å². The lowest BCUT2D eigenvalue weighted by atomic mass is 10.4. The van der Waals surface area contributed by atoms with E-state index in [0.717, 1.165) is 4.72 Å². The summed E-state index contributed by atoms with van der Waals surface area (Å²) in [4.78, 5) is 12.3. The van der Waals surface area contributed by atoms with Gasteiger partial charge in [0.15, 0.2) is 0 Å². The predicted molar refractivity (Wildman–Crippen MR) is 46.3 cm³/mol. The van der Waals surface area contributed by atoms with Gasteiger partial charge in [-0.3, -0.25) is 4.79 Å². The largest absolute Gasteiger partial charge is 0.516 e. The molecule has 0 heterocycles. The Morgan fingerprint density at radius 2 is 1.80 bits per heavy atom. The van der Waals surface area contributed by atoms with Crippen molar-refractivity contribution in [3.05, 3.63) is 0 Å². The molecule has 0 bridgehead atoms. The van der Waals surface area contributed by atoms with E-state index in [9.17, 15) is 26.4 Å². The number of carbonyl (C=O) groups is 1. The van der Waals surface area contributed by atoms with Crippen LogP contribution < -0.4 is 4.72 Å². The van der Waals surface area contributed by atoms with Gasteiger partial charge in [0.1, 0.15) is 0 Å². The van der Waals surface area contributed by atoms with Crippen LogP contribution in [0.25, 0.3) is 0 Å². The molecule has 1 amide bonds. The number of amides is 1. The van der Waals surface area contributed by atoms with Crippen molar-refractivity contribution >= 4 is 15.9 Å². The maximum absolute atomic E-state index is 11.8. The van der Waals surface area contributed by atoms with Gasteiger partial charge >= 0.3 is 15.5 Å². The Labute approximate surface area is 85.3 Å². The van der Waals surface area contributed by atoms with Crippen LogP contribution in [-0.4, -0.2) is 45.4 Å². The smallest absolute Gasteiger partial charge is 0.309 e. The van der Waals surface area contributed by atoms with Gasteiger partial charge in [-0.15, -0.1) is 0 Å². The van der Waals surface area contributed by atoms with Crippen molar-refractivity contribution in [3.63, 3.8) is 0 Å². The molecule has 0 unspecified atom stereocenters. The summed E-state index contributed by atoms with van der Waals surface area (Å²) < 4.78 is 57.1. The molecule has 0 aromatic carbocycles. The molecule has 0 fully saturated rings. The molecule has 15 heavy (non-hydrogen) atoms. The van der Waals surface area contributed by atoms with Crippen molar-refractivity contribution in [1.29, 1.82) is 0 Å². The first kappa shape index (κ1) is 14.2. The normalized spacial score (nSPS) is 12.9. The van der Waals surface area contributed by atoms with E-state index in [1.807, 2.05) is 0 Å². The number of hydrogen-bond donors (Lipinski definition) is 1. The molecule has 0 spiro atoms. The number of nitrogens with one attached hydrogen (secondary N) is 1. The number of rotatable bonds is 4. The number of alkyl halides is 3. The fraction of sp³-hybridized carbons (Fsp3) is 0.833. The van der Waals surface area contributed by atoms with Gasteiger partial charge in [-0.2, -0.15) is 21.6 Å². The van der Waals surface area contributed by atoms with Gasteiger partial charge in [0.25, 0.3) is 0 Å². The summed E-state index contributed by atoms with van der Waals surface area (Å²) in [5.41, 5.74) is -5.46. The highest BCUT2D eigenvalue weighted by Crippen LogP contribution is 2.21. The van der Waals surface area contributed by atoms with Crippen LogP contribution in [0.1, 0.15) is 6.42 Å². The van der Waals surface area contributed by atoms with E-state index in [2.05, 4.69) is 0 Å². The molecule has 0 aliphatic rings. The van der Waals surface area contributed by atoms with E-state index in [-0.39, 0.29) is 13.0 Å². The summed E-state index contributed by atoms with van der Waals surface area (Å²) >= 11 is 0. The fourth-order valence-corrected chi connectivity index (χ4v) is 1.10. The highest BCUT2D eigenvalue weighted by Gasteiger charge is 2.46. The number of halogens is 3. The lowest BCUT2D eigenvalue weighted by Gasteiger charge is -2.11. The van der Waals surface area contributed by atoms with E-state index in [1.165, 1.54) is 0 Å². The Kier molecular flexibility index (Phi) is 4.53. The lowest BCUT2D eigenvalue weighted by Crippen LogP contribution is -2.40. The molecule has 5 nitrogen and oxygen atoms in total. The fourth-order valence-electron chi connectivity index (χ4n) is 0.584. The van der Waals surface area contributed by atoms with E-state index in [1.54, 1.807) is 19.0 Å². The molecule has 1 N–H and O–H groups in total. The van der Waals surface area contributed by atoms with Gasteiger partial charge in [-0.1, -0.05) is 0 Å². The van der Waals surface area contributed by atoms with E-state index >= 15 is 0 Å². The molecule has 0 aromatic heterocycles. The molecular formula is C6H11F3N2O3S. The number of carbonyl (C=O) groups excluding carboxylic acids is 1. The standard InChI is InChI=1S/C6H11F3N2O3S/c1-11(2)4-3-5(12)10-15(13,14)6(7,8)9/h3-4H2,1-2H3,(H,10,12). The average molecular weight is 248 g/mol. The maximum Gasteiger partial charge on any atom is 0.516 e. The second-order valence-corrected chi connectivity index (χ2v) is 4.70. The van der Waals surface area contributed by atoms with Crippen LogP contribution in [0.3, 0.4) is 0 Å². The van der Waals surface area contributed by atoms with Crippen LogP contribution in [0.2, 0.25) is 0 Å². The first-order valence-electron chi connectivity index (χ1n) is 3.83. The summed E-state index contributed by atoms with van der Waals surface area (Å²) in [6.07, 6.45) is -0.317. The Bertz CT molecular complexity index is 323. The summed E-state index contributed by atoms with van der Waals surface area (Å²) in [6, 6.07) is 0. The van der Waals surface area contributed by atoms with Gasteiger partial charge in [-0.25, -0.2) is 4.72 Å². The van der Waals surface area contributed by atoms with Crippen LogP contribution in [0.4, 0.5) is 13.2 Å². The van der Waals surface area contributed by atoms with Crippen molar-refractivity contribution in [2.45, 2.75) is 11.9 Å². The second kappa shape index (κ2) is 4.79. The molecule has 0 saturated heterocycles. The quantitative estimate of drug-likeness (QED) is 0.754. The van der Waals surface area contributed by atoms with E-state index in [0.29, 0.717) is 0 Å². The molecule has 9 heteroatoms. The zero-order valence-corrected chi connectivity index (χ0v) is 8.94. The second-order valence-electron chi connectivity index (χ2n) is 3.03. The highest BCUT2D eigenvalue weighted by atomic mass is 32.2. The van der Waals surface area contributed by atoms with Gasteiger partial charge < -0.3 is 4.90 Å². The first-order valence-corrected chi connectivity index (χ1v) is 5.31. The average Bonchev–Trinajstić information content (AvgIpc) is 1.97. The molecule has 0 aliphatic heterocycles. The molecular weight excluding hydrogens is 237 g/mol. The predicted octanol–water partition coefficient (Wildman–Crippen LogP) is -0.0961. The van der Waals surface area contributed by atoms with Crippen molar-refractivity contribution in [2.24, 2.45) is 0 Å². The summed E-state index contributed by atoms with van der Waals surface area (Å²) in [6.45, 7) is 0.166. The maximum atomic E-state index is 11.8. The molecule has 90 valence electrons. The van der Waals surface area contributed by atoms with Crippen LogP contribution in [0.5, 0.6) is 0 Å². The zero-order chi connectivity index (χ0) is 12.3. The van der Waals surface area contributed by atoms with Crippen LogP contribution in [0.15, 0.2) is 0 Å². The van der Waals surface area contributed by atoms with Gasteiger partial charge in [0.05, 0.1) is 0 Å². The van der Waals surface area contributed by atoms with Gasteiger partial charge in [-0.05, 0) is 14.1 Å². The lowest BCUT2D eigenvalue weighted by molar-refractivity contribution is -0.120. The van der Waals surface area contributed by atoms with Crippen molar-refractivity contribution in [1.82, 2.24) is 9.62 Å². The SMILES string of the molecule is CN(C)CCC(=O)NS(=O)(=O)C(F)(F)F. The third-order valence-electron chi connectivity index (χ3n) is 1.34. The minimum Gasteiger partial charge on any atom is -0.309 e. The Balaban J connectivity index is 4.31. The topological polar surface area (TPSA) is 66.5 Å². The van der Waals surface area contributed by atoms with Crippen molar-refractivity contribution < 1.29 is 26.4 Å². The molecule has 0 saturated carbocycles. The molecule has 0 atom stereocenters. The third kappa shape index (κ3) is 4.98. The number of sulfonamides is 1. The molecule has 0 aromatic rings. The molecule has 0 rings (SSSR count). The summed E-state index contributed by atoms with van der Waals surface area (Å²) in [7, 11) is -2.36. The third-order valence-corrected chi connectivity index (χ3v) is 2.44. The van der Waals surface area contributed by atoms with Crippen LogP contribution >= 0.6 is 0 Å². The Morgan fingerprint density at radius 1 is 1.33 bits per heavy atom. The monoisotopic (exact) mass is 248 g/mol. The van der Waals surface area contributed by atoms with E-state index < -0.39 is 21.4 Å². The van der Waals surface area contributed by atoms with Crippen LogP contribution in [-0.2, 0) is 14.8 Å². The van der Waals surface area contributed by atoms with Gasteiger partial charge in [0, 0.05) is 13.0 Å². The van der Waals surface area contributed by atoms with Crippen molar-refractivity contribution in [3.8, 4) is 0 Å². The number of nitrogens with zero attached hydrogens (tertiary/aromatic N) is 1. The number of hydrogen-bond acceptors (Lipinski definition) is 4. The minimum absolute atomic E-state index is 0.166. The molecule has 0 radical (unpaired) electrons. The Hall–Kier alpha value is -0.830. The highest BCUT2D eigenvalue weighted by molar-refractivity contribution is 7.90. The zero-order valence-electron chi connectivity index (χ0n) is 8.13. The van der Waals surface area contributed by atoms with E-state index in [4.69, 9.17) is 0 Å². The summed E-state index contributed by atoms with van der Waals surface area (Å²) in [5.74, 6) is -1.18. The Morgan fingerprint density at radius 3 is 2.13 bits per heavy atom. The first-order chi connectivity index (χ1) is 6.56. The molecule has 0 aliphatic carbocycles. The van der Waals surface area contributed by atoms with Crippen molar-refractivity contribution in [2.75, 3.05) is 20.6 Å².